The molecule has 4 nitrogen and oxygen atoms in total. The van der Waals surface area contributed by atoms with Crippen LogP contribution in [0.25, 0.3) is 0 Å². The summed E-state index contributed by atoms with van der Waals surface area (Å²) in [6.45, 7) is 5.54. The summed E-state index contributed by atoms with van der Waals surface area (Å²) in [5.41, 5.74) is 0.951. The fourth-order valence-electron chi connectivity index (χ4n) is 1.80. The molecule has 5 heteroatoms. The van der Waals surface area contributed by atoms with Crippen LogP contribution in [0.15, 0.2) is 18.2 Å². The summed E-state index contributed by atoms with van der Waals surface area (Å²) in [4.78, 5) is 24.6. The van der Waals surface area contributed by atoms with Crippen molar-refractivity contribution in [2.75, 3.05) is 13.1 Å². The van der Waals surface area contributed by atoms with Crippen LogP contribution >= 0.6 is 0 Å². The Morgan fingerprint density at radius 2 is 2.05 bits per heavy atom. The molecule has 0 heterocycles. The molecule has 0 bridgehead atoms. The summed E-state index contributed by atoms with van der Waals surface area (Å²) < 4.78 is 13.0. The Labute approximate surface area is 111 Å². The van der Waals surface area contributed by atoms with Crippen LogP contribution in [0.2, 0.25) is 0 Å². The zero-order valence-corrected chi connectivity index (χ0v) is 11.3. The van der Waals surface area contributed by atoms with Crippen molar-refractivity contribution < 1.29 is 19.1 Å². The molecule has 1 rings (SSSR count). The molecule has 1 aromatic rings. The van der Waals surface area contributed by atoms with E-state index in [9.17, 15) is 14.0 Å². The van der Waals surface area contributed by atoms with Crippen molar-refractivity contribution in [3.63, 3.8) is 0 Å². The van der Waals surface area contributed by atoms with Crippen LogP contribution in [0.3, 0.4) is 0 Å². The number of carboxylic acid groups (broad SMARTS) is 1. The summed E-state index contributed by atoms with van der Waals surface area (Å²) >= 11 is 0. The highest BCUT2D eigenvalue weighted by Gasteiger charge is 2.21. The quantitative estimate of drug-likeness (QED) is 0.890. The zero-order valence-electron chi connectivity index (χ0n) is 11.3. The first-order valence-corrected chi connectivity index (χ1v) is 6.15. The lowest BCUT2D eigenvalue weighted by Crippen LogP contribution is -2.37. The standard InChI is InChI=1S/C14H18FNO3/c1-4-16(8-10(3)14(18)19)13(17)12-6-5-11(15)7-9(12)2/h5-7,10H,4,8H2,1-3H3,(H,18,19). The molecule has 0 aliphatic carbocycles. The number of benzene rings is 1. The highest BCUT2D eigenvalue weighted by atomic mass is 19.1. The second-order valence-corrected chi connectivity index (χ2v) is 4.54. The van der Waals surface area contributed by atoms with Crippen molar-refractivity contribution in [1.29, 1.82) is 0 Å². The second kappa shape index (κ2) is 6.31. The van der Waals surface area contributed by atoms with Crippen molar-refractivity contribution in [2.24, 2.45) is 5.92 Å². The topological polar surface area (TPSA) is 57.6 Å². The van der Waals surface area contributed by atoms with Gasteiger partial charge in [-0.3, -0.25) is 9.59 Å². The van der Waals surface area contributed by atoms with E-state index in [1.54, 1.807) is 20.8 Å². The number of nitrogens with zero attached hydrogens (tertiary/aromatic N) is 1. The van der Waals surface area contributed by atoms with Gasteiger partial charge in [0.15, 0.2) is 0 Å². The molecule has 1 N–H and O–H groups in total. The highest BCUT2D eigenvalue weighted by Crippen LogP contribution is 2.14. The predicted octanol–water partition coefficient (Wildman–Crippen LogP) is 2.32. The average Bonchev–Trinajstić information content (AvgIpc) is 2.34. The van der Waals surface area contributed by atoms with Gasteiger partial charge in [0.25, 0.3) is 5.91 Å². The maximum Gasteiger partial charge on any atom is 0.308 e. The summed E-state index contributed by atoms with van der Waals surface area (Å²) in [6.07, 6.45) is 0. The van der Waals surface area contributed by atoms with Crippen LogP contribution in [-0.4, -0.2) is 35.0 Å². The molecule has 104 valence electrons. The molecule has 0 saturated heterocycles. The lowest BCUT2D eigenvalue weighted by atomic mass is 10.1. The summed E-state index contributed by atoms with van der Waals surface area (Å²) in [6, 6.07) is 3.96. The molecule has 1 unspecified atom stereocenters. The van der Waals surface area contributed by atoms with E-state index < -0.39 is 17.7 Å². The van der Waals surface area contributed by atoms with Crippen LogP contribution in [0, 0.1) is 18.7 Å². The van der Waals surface area contributed by atoms with Gasteiger partial charge in [0.1, 0.15) is 5.82 Å². The lowest BCUT2D eigenvalue weighted by Gasteiger charge is -2.23. The minimum atomic E-state index is -0.943. The number of hydrogen-bond acceptors (Lipinski definition) is 2. The molecular weight excluding hydrogens is 249 g/mol. The van der Waals surface area contributed by atoms with Gasteiger partial charge in [0.05, 0.1) is 5.92 Å². The van der Waals surface area contributed by atoms with Crippen molar-refractivity contribution in [2.45, 2.75) is 20.8 Å². The van der Waals surface area contributed by atoms with Gasteiger partial charge in [0.2, 0.25) is 0 Å². The monoisotopic (exact) mass is 267 g/mol. The van der Waals surface area contributed by atoms with Crippen LogP contribution < -0.4 is 0 Å². The lowest BCUT2D eigenvalue weighted by molar-refractivity contribution is -0.141. The van der Waals surface area contributed by atoms with Gasteiger partial charge in [-0.25, -0.2) is 4.39 Å². The summed E-state index contributed by atoms with van der Waals surface area (Å²) in [7, 11) is 0. The zero-order chi connectivity index (χ0) is 14.6. The molecule has 0 radical (unpaired) electrons. The fourth-order valence-corrected chi connectivity index (χ4v) is 1.80. The Balaban J connectivity index is 2.92. The number of hydrogen-bond donors (Lipinski definition) is 1. The van der Waals surface area contributed by atoms with E-state index in [4.69, 9.17) is 5.11 Å². The number of amides is 1. The van der Waals surface area contributed by atoms with Crippen LogP contribution in [0.5, 0.6) is 0 Å². The molecule has 1 atom stereocenters. The third-order valence-corrected chi connectivity index (χ3v) is 3.00. The first-order valence-electron chi connectivity index (χ1n) is 6.15. The highest BCUT2D eigenvalue weighted by molar-refractivity contribution is 5.95. The normalized spacial score (nSPS) is 12.0. The van der Waals surface area contributed by atoms with Gasteiger partial charge in [-0.15, -0.1) is 0 Å². The first kappa shape index (κ1) is 15.1. The van der Waals surface area contributed by atoms with Crippen molar-refractivity contribution in [1.82, 2.24) is 4.90 Å². The number of carbonyl (C=O) groups is 2. The minimum absolute atomic E-state index is 0.140. The van der Waals surface area contributed by atoms with E-state index in [2.05, 4.69) is 0 Å². The van der Waals surface area contributed by atoms with Crippen LogP contribution in [0.1, 0.15) is 29.8 Å². The molecule has 0 aliphatic rings. The van der Waals surface area contributed by atoms with Gasteiger partial charge >= 0.3 is 5.97 Å². The third-order valence-electron chi connectivity index (χ3n) is 3.00. The van der Waals surface area contributed by atoms with E-state index in [0.29, 0.717) is 17.7 Å². The largest absolute Gasteiger partial charge is 0.481 e. The molecule has 0 saturated carbocycles. The van der Waals surface area contributed by atoms with Gasteiger partial charge < -0.3 is 10.0 Å². The summed E-state index contributed by atoms with van der Waals surface area (Å²) in [5, 5.41) is 8.88. The average molecular weight is 267 g/mol. The number of aryl methyl sites for hydroxylation is 1. The Bertz CT molecular complexity index is 488. The fraction of sp³-hybridized carbons (Fsp3) is 0.429. The van der Waals surface area contributed by atoms with Gasteiger partial charge in [-0.2, -0.15) is 0 Å². The van der Waals surface area contributed by atoms with Crippen molar-refractivity contribution in [3.8, 4) is 0 Å². The molecule has 0 aromatic heterocycles. The second-order valence-electron chi connectivity index (χ2n) is 4.54. The van der Waals surface area contributed by atoms with E-state index in [-0.39, 0.29) is 12.5 Å². The van der Waals surface area contributed by atoms with E-state index in [1.807, 2.05) is 0 Å². The number of aliphatic carboxylic acids is 1. The molecule has 19 heavy (non-hydrogen) atoms. The maximum absolute atomic E-state index is 13.0. The molecule has 1 aromatic carbocycles. The molecular formula is C14H18FNO3. The first-order chi connectivity index (χ1) is 8.86. The third kappa shape index (κ3) is 3.77. The van der Waals surface area contributed by atoms with Gasteiger partial charge in [0, 0.05) is 18.7 Å². The van der Waals surface area contributed by atoms with Crippen molar-refractivity contribution in [3.05, 3.63) is 35.1 Å². The van der Waals surface area contributed by atoms with Crippen molar-refractivity contribution >= 4 is 11.9 Å². The maximum atomic E-state index is 13.0. The minimum Gasteiger partial charge on any atom is -0.481 e. The van der Waals surface area contributed by atoms with E-state index in [1.165, 1.54) is 23.1 Å². The Morgan fingerprint density at radius 3 is 2.53 bits per heavy atom. The van der Waals surface area contributed by atoms with Crippen LogP contribution in [-0.2, 0) is 4.79 Å². The predicted molar refractivity (Wildman–Crippen MR) is 69.5 cm³/mol. The van der Waals surface area contributed by atoms with Gasteiger partial charge in [-0.05, 0) is 37.6 Å². The smallest absolute Gasteiger partial charge is 0.308 e. The SMILES string of the molecule is CCN(CC(C)C(=O)O)C(=O)c1ccc(F)cc1C. The Morgan fingerprint density at radius 1 is 1.42 bits per heavy atom. The number of halogens is 1. The van der Waals surface area contributed by atoms with E-state index >= 15 is 0 Å². The number of carboxylic acids is 1. The molecule has 1 amide bonds. The molecule has 0 fully saturated rings. The van der Waals surface area contributed by atoms with Crippen LogP contribution in [0.4, 0.5) is 4.39 Å². The molecule has 0 spiro atoms. The summed E-state index contributed by atoms with van der Waals surface area (Å²) in [5.74, 6) is -2.24. The Kier molecular flexibility index (Phi) is 5.03. The van der Waals surface area contributed by atoms with E-state index in [0.717, 1.165) is 0 Å². The number of carbonyl (C=O) groups excluding carboxylic acids is 1. The molecule has 0 aliphatic heterocycles. The number of rotatable bonds is 5. The Hall–Kier alpha value is -1.91. The van der Waals surface area contributed by atoms with Gasteiger partial charge in [-0.1, -0.05) is 6.92 Å².